The number of anilines is 1. The fourth-order valence-corrected chi connectivity index (χ4v) is 2.33. The normalized spacial score (nSPS) is 18.4. The number of nitrogens with zero attached hydrogens (tertiary/aromatic N) is 2. The van der Waals surface area contributed by atoms with Crippen molar-refractivity contribution >= 4 is 29.4 Å². The van der Waals surface area contributed by atoms with Crippen LogP contribution in [0.3, 0.4) is 0 Å². The fourth-order valence-electron chi connectivity index (χ4n) is 2.33. The van der Waals surface area contributed by atoms with Crippen molar-refractivity contribution in [2.45, 2.75) is 6.42 Å². The second kappa shape index (κ2) is 4.16. The SMILES string of the molecule is CN1C(=O)c2ccc(N3CCC(=O)NC3=O)cc2C1=O. The smallest absolute Gasteiger partial charge is 0.294 e. The van der Waals surface area contributed by atoms with Crippen molar-refractivity contribution < 1.29 is 19.2 Å². The van der Waals surface area contributed by atoms with Crippen LogP contribution in [0.2, 0.25) is 0 Å². The van der Waals surface area contributed by atoms with Gasteiger partial charge in [-0.15, -0.1) is 0 Å². The van der Waals surface area contributed by atoms with Crippen molar-refractivity contribution in [3.8, 4) is 0 Å². The van der Waals surface area contributed by atoms with E-state index in [0.29, 0.717) is 11.3 Å². The molecular weight excluding hydrogens is 262 g/mol. The lowest BCUT2D eigenvalue weighted by Crippen LogP contribution is -2.49. The minimum atomic E-state index is -0.522. The van der Waals surface area contributed by atoms with Crippen molar-refractivity contribution in [2.75, 3.05) is 18.5 Å². The highest BCUT2D eigenvalue weighted by atomic mass is 16.2. The van der Waals surface area contributed by atoms with Crippen LogP contribution in [-0.2, 0) is 4.79 Å². The van der Waals surface area contributed by atoms with Gasteiger partial charge in [-0.2, -0.15) is 0 Å². The first-order valence-corrected chi connectivity index (χ1v) is 6.07. The number of benzene rings is 1. The summed E-state index contributed by atoms with van der Waals surface area (Å²) in [6.45, 7) is 0.251. The molecule has 0 saturated carbocycles. The molecule has 0 radical (unpaired) electrons. The molecule has 7 nitrogen and oxygen atoms in total. The summed E-state index contributed by atoms with van der Waals surface area (Å²) in [6.07, 6.45) is 0.204. The number of carbonyl (C=O) groups is 4. The molecule has 20 heavy (non-hydrogen) atoms. The van der Waals surface area contributed by atoms with E-state index in [9.17, 15) is 19.2 Å². The van der Waals surface area contributed by atoms with E-state index in [1.807, 2.05) is 0 Å². The van der Waals surface area contributed by atoms with Crippen molar-refractivity contribution in [3.63, 3.8) is 0 Å². The third-order valence-electron chi connectivity index (χ3n) is 3.44. The molecule has 1 aromatic rings. The van der Waals surface area contributed by atoms with Crippen LogP contribution in [0.4, 0.5) is 10.5 Å². The lowest BCUT2D eigenvalue weighted by Gasteiger charge is -2.26. The zero-order valence-corrected chi connectivity index (χ0v) is 10.7. The number of carbonyl (C=O) groups excluding carboxylic acids is 4. The van der Waals surface area contributed by atoms with Crippen LogP contribution in [0.1, 0.15) is 27.1 Å². The zero-order chi connectivity index (χ0) is 14.4. The summed E-state index contributed by atoms with van der Waals surface area (Å²) in [5, 5.41) is 2.21. The lowest BCUT2D eigenvalue weighted by atomic mass is 10.1. The van der Waals surface area contributed by atoms with Gasteiger partial charge >= 0.3 is 6.03 Å². The Kier molecular flexibility index (Phi) is 2.56. The molecule has 7 heteroatoms. The average molecular weight is 273 g/mol. The van der Waals surface area contributed by atoms with Crippen LogP contribution < -0.4 is 10.2 Å². The van der Waals surface area contributed by atoms with E-state index in [1.165, 1.54) is 24.1 Å². The molecule has 1 aromatic carbocycles. The van der Waals surface area contributed by atoms with Gasteiger partial charge in [0.15, 0.2) is 0 Å². The number of amides is 5. The second-order valence-electron chi connectivity index (χ2n) is 4.65. The maximum absolute atomic E-state index is 11.9. The predicted octanol–water partition coefficient (Wildman–Crippen LogP) is 0.359. The van der Waals surface area contributed by atoms with Gasteiger partial charge in [-0.3, -0.25) is 29.5 Å². The van der Waals surface area contributed by atoms with Gasteiger partial charge in [0.25, 0.3) is 11.8 Å². The summed E-state index contributed by atoms with van der Waals surface area (Å²) in [7, 11) is 1.41. The van der Waals surface area contributed by atoms with Crippen LogP contribution >= 0.6 is 0 Å². The van der Waals surface area contributed by atoms with Crippen LogP contribution in [0.25, 0.3) is 0 Å². The molecule has 1 saturated heterocycles. The fraction of sp³-hybridized carbons (Fsp3) is 0.231. The van der Waals surface area contributed by atoms with Gasteiger partial charge in [-0.1, -0.05) is 0 Å². The zero-order valence-electron chi connectivity index (χ0n) is 10.7. The van der Waals surface area contributed by atoms with Gasteiger partial charge in [0.05, 0.1) is 11.1 Å². The minimum Gasteiger partial charge on any atom is -0.294 e. The second-order valence-corrected chi connectivity index (χ2v) is 4.65. The molecule has 0 atom stereocenters. The Morgan fingerprint density at radius 2 is 1.75 bits per heavy atom. The Hall–Kier alpha value is -2.70. The summed E-state index contributed by atoms with van der Waals surface area (Å²) in [4.78, 5) is 48.9. The van der Waals surface area contributed by atoms with Crippen LogP contribution in [0, 0.1) is 0 Å². The minimum absolute atomic E-state index is 0.204. The largest absolute Gasteiger partial charge is 0.328 e. The monoisotopic (exact) mass is 273 g/mol. The Morgan fingerprint density at radius 1 is 1.05 bits per heavy atom. The number of nitrogens with one attached hydrogen (secondary N) is 1. The molecule has 2 aliphatic heterocycles. The average Bonchev–Trinajstić information content (AvgIpc) is 2.64. The molecular formula is C13H11N3O4. The van der Waals surface area contributed by atoms with E-state index in [-0.39, 0.29) is 36.3 Å². The first-order chi connectivity index (χ1) is 9.49. The molecule has 0 aromatic heterocycles. The molecule has 2 heterocycles. The lowest BCUT2D eigenvalue weighted by molar-refractivity contribution is -0.120. The quantitative estimate of drug-likeness (QED) is 0.748. The summed E-state index contributed by atoms with van der Waals surface area (Å²) in [5.41, 5.74) is 1.10. The molecule has 0 aliphatic carbocycles. The van der Waals surface area contributed by atoms with Crippen molar-refractivity contribution in [1.29, 1.82) is 0 Å². The van der Waals surface area contributed by atoms with Crippen LogP contribution in [-0.4, -0.2) is 42.2 Å². The van der Waals surface area contributed by atoms with Gasteiger partial charge in [0.2, 0.25) is 5.91 Å². The third kappa shape index (κ3) is 1.67. The van der Waals surface area contributed by atoms with Crippen molar-refractivity contribution in [2.24, 2.45) is 0 Å². The van der Waals surface area contributed by atoms with Crippen molar-refractivity contribution in [3.05, 3.63) is 29.3 Å². The summed E-state index contributed by atoms with van der Waals surface area (Å²) in [6, 6.07) is 4.11. The van der Waals surface area contributed by atoms with E-state index in [2.05, 4.69) is 5.32 Å². The number of urea groups is 1. The predicted molar refractivity (Wildman–Crippen MR) is 68.4 cm³/mol. The molecule has 1 N–H and O–H groups in total. The van der Waals surface area contributed by atoms with E-state index in [1.54, 1.807) is 6.07 Å². The number of fused-ring (bicyclic) bond motifs is 1. The van der Waals surface area contributed by atoms with Crippen LogP contribution in [0.15, 0.2) is 18.2 Å². The first-order valence-electron chi connectivity index (χ1n) is 6.07. The topological polar surface area (TPSA) is 86.8 Å². The Bertz CT molecular complexity index is 668. The summed E-state index contributed by atoms with van der Waals surface area (Å²) < 4.78 is 0. The van der Waals surface area contributed by atoms with Crippen molar-refractivity contribution in [1.82, 2.24) is 10.2 Å². The number of rotatable bonds is 1. The highest BCUT2D eigenvalue weighted by Crippen LogP contribution is 2.27. The van der Waals surface area contributed by atoms with E-state index < -0.39 is 6.03 Å². The van der Waals surface area contributed by atoms with E-state index >= 15 is 0 Å². The van der Waals surface area contributed by atoms with Gasteiger partial charge < -0.3 is 0 Å². The molecule has 3 rings (SSSR count). The first kappa shape index (κ1) is 12.3. The third-order valence-corrected chi connectivity index (χ3v) is 3.44. The molecule has 5 amide bonds. The van der Waals surface area contributed by atoms with E-state index in [4.69, 9.17) is 0 Å². The molecule has 102 valence electrons. The number of imide groups is 2. The Morgan fingerprint density at radius 3 is 2.45 bits per heavy atom. The van der Waals surface area contributed by atoms with Gasteiger partial charge in [0, 0.05) is 25.7 Å². The summed E-state index contributed by atoms with van der Waals surface area (Å²) in [5.74, 6) is -1.06. The number of hydrogen-bond donors (Lipinski definition) is 1. The van der Waals surface area contributed by atoms with Gasteiger partial charge in [-0.25, -0.2) is 4.79 Å². The Balaban J connectivity index is 1.98. The highest BCUT2D eigenvalue weighted by molar-refractivity contribution is 6.21. The van der Waals surface area contributed by atoms with E-state index in [0.717, 1.165) is 4.90 Å². The molecule has 0 spiro atoms. The molecule has 2 aliphatic rings. The standard InChI is InChI=1S/C13H11N3O4/c1-15-11(18)8-3-2-7(6-9(8)12(15)19)16-5-4-10(17)14-13(16)20/h2-3,6H,4-5H2,1H3,(H,14,17,20). The molecule has 1 fully saturated rings. The maximum Gasteiger partial charge on any atom is 0.328 e. The van der Waals surface area contributed by atoms with Crippen LogP contribution in [0.5, 0.6) is 0 Å². The Labute approximate surface area is 114 Å². The van der Waals surface area contributed by atoms with Gasteiger partial charge in [0.1, 0.15) is 0 Å². The number of hydrogen-bond acceptors (Lipinski definition) is 4. The highest BCUT2D eigenvalue weighted by Gasteiger charge is 2.34. The molecule has 0 unspecified atom stereocenters. The maximum atomic E-state index is 11.9. The summed E-state index contributed by atoms with van der Waals surface area (Å²) >= 11 is 0. The molecule has 0 bridgehead atoms. The van der Waals surface area contributed by atoms with Gasteiger partial charge in [-0.05, 0) is 18.2 Å².